The van der Waals surface area contributed by atoms with E-state index in [9.17, 15) is 4.79 Å². The molecule has 7 nitrogen and oxygen atoms in total. The molecule has 7 heteroatoms. The molecule has 0 bridgehead atoms. The standard InChI is InChI=1S/C9H13N3O4/c10-7-3-4-12(9(13)11-7)8-2-1-6(16-8)5-15-14/h3-4,6,8,14H,1-2,5H2,(H2,10,11,13)/t6-,8?/m0/s1. The van der Waals surface area contributed by atoms with Crippen molar-refractivity contribution < 1.29 is 14.9 Å². The van der Waals surface area contributed by atoms with Crippen LogP contribution in [0.1, 0.15) is 19.1 Å². The number of rotatable bonds is 3. The smallest absolute Gasteiger partial charge is 0.351 e. The maximum Gasteiger partial charge on any atom is 0.351 e. The second-order valence-corrected chi connectivity index (χ2v) is 3.63. The molecule has 1 saturated heterocycles. The second kappa shape index (κ2) is 4.60. The minimum Gasteiger partial charge on any atom is -0.383 e. The van der Waals surface area contributed by atoms with Crippen LogP contribution in [0.4, 0.5) is 5.82 Å². The summed E-state index contributed by atoms with van der Waals surface area (Å²) in [6.07, 6.45) is 2.40. The van der Waals surface area contributed by atoms with Crippen LogP contribution in [0.3, 0.4) is 0 Å². The van der Waals surface area contributed by atoms with Crippen LogP contribution in [0.25, 0.3) is 0 Å². The number of nitrogens with two attached hydrogens (primary N) is 1. The molecule has 0 saturated carbocycles. The predicted octanol–water partition coefficient (Wildman–Crippen LogP) is -0.00730. The van der Waals surface area contributed by atoms with Gasteiger partial charge in [0.05, 0.1) is 6.10 Å². The lowest BCUT2D eigenvalue weighted by atomic mass is 10.2. The Bertz CT molecular complexity index is 419. The Labute approximate surface area is 91.4 Å². The first kappa shape index (κ1) is 11.1. The Morgan fingerprint density at radius 3 is 3.19 bits per heavy atom. The summed E-state index contributed by atoms with van der Waals surface area (Å²) in [5.41, 5.74) is 4.95. The zero-order valence-corrected chi connectivity index (χ0v) is 8.57. The van der Waals surface area contributed by atoms with E-state index in [1.807, 2.05) is 0 Å². The molecule has 1 unspecified atom stereocenters. The van der Waals surface area contributed by atoms with Crippen LogP contribution in [-0.2, 0) is 9.62 Å². The van der Waals surface area contributed by atoms with Crippen molar-refractivity contribution in [2.24, 2.45) is 0 Å². The SMILES string of the molecule is Nc1ccn(C2CC[C@@H](COO)O2)c(=O)n1. The van der Waals surface area contributed by atoms with Gasteiger partial charge in [0, 0.05) is 6.20 Å². The molecule has 2 atom stereocenters. The van der Waals surface area contributed by atoms with Gasteiger partial charge in [-0.05, 0) is 18.9 Å². The summed E-state index contributed by atoms with van der Waals surface area (Å²) in [4.78, 5) is 19.1. The highest BCUT2D eigenvalue weighted by Crippen LogP contribution is 2.26. The van der Waals surface area contributed by atoms with Crippen LogP contribution in [0.15, 0.2) is 17.1 Å². The Morgan fingerprint density at radius 1 is 1.69 bits per heavy atom. The summed E-state index contributed by atoms with van der Waals surface area (Å²) in [6.45, 7) is 0.105. The van der Waals surface area contributed by atoms with Gasteiger partial charge in [0.1, 0.15) is 18.7 Å². The van der Waals surface area contributed by atoms with Gasteiger partial charge in [0.15, 0.2) is 0 Å². The molecule has 2 heterocycles. The summed E-state index contributed by atoms with van der Waals surface area (Å²) in [7, 11) is 0. The topological polar surface area (TPSA) is 99.6 Å². The Kier molecular flexibility index (Phi) is 3.18. The first-order valence-electron chi connectivity index (χ1n) is 4.97. The van der Waals surface area contributed by atoms with E-state index in [1.54, 1.807) is 12.3 Å². The van der Waals surface area contributed by atoms with E-state index in [2.05, 4.69) is 9.87 Å². The molecule has 3 N–H and O–H groups in total. The molecule has 1 fully saturated rings. The third-order valence-electron chi connectivity index (χ3n) is 2.51. The third kappa shape index (κ3) is 2.21. The zero-order chi connectivity index (χ0) is 11.5. The van der Waals surface area contributed by atoms with Crippen molar-refractivity contribution in [2.75, 3.05) is 12.3 Å². The van der Waals surface area contributed by atoms with Gasteiger partial charge in [0.25, 0.3) is 0 Å². The maximum atomic E-state index is 11.5. The van der Waals surface area contributed by atoms with Gasteiger partial charge < -0.3 is 10.5 Å². The largest absolute Gasteiger partial charge is 0.383 e. The predicted molar refractivity (Wildman–Crippen MR) is 54.6 cm³/mol. The molecule has 0 aliphatic carbocycles. The van der Waals surface area contributed by atoms with Crippen LogP contribution in [0.2, 0.25) is 0 Å². The number of nitrogens with zero attached hydrogens (tertiary/aromatic N) is 2. The van der Waals surface area contributed by atoms with Gasteiger partial charge in [-0.2, -0.15) is 4.98 Å². The highest BCUT2D eigenvalue weighted by molar-refractivity contribution is 5.23. The molecule has 0 aromatic carbocycles. The van der Waals surface area contributed by atoms with E-state index in [0.717, 1.165) is 6.42 Å². The molecule has 1 aliphatic heterocycles. The Morgan fingerprint density at radius 2 is 2.50 bits per heavy atom. The van der Waals surface area contributed by atoms with Gasteiger partial charge in [-0.1, -0.05) is 0 Å². The van der Waals surface area contributed by atoms with Crippen molar-refractivity contribution >= 4 is 5.82 Å². The second-order valence-electron chi connectivity index (χ2n) is 3.63. The van der Waals surface area contributed by atoms with Crippen molar-refractivity contribution in [3.05, 3.63) is 22.7 Å². The molecule has 0 amide bonds. The van der Waals surface area contributed by atoms with Crippen LogP contribution in [0, 0.1) is 0 Å². The van der Waals surface area contributed by atoms with Crippen molar-refractivity contribution in [2.45, 2.75) is 25.2 Å². The van der Waals surface area contributed by atoms with Crippen molar-refractivity contribution in [1.29, 1.82) is 0 Å². The fourth-order valence-electron chi connectivity index (χ4n) is 1.74. The highest BCUT2D eigenvalue weighted by atomic mass is 17.1. The lowest BCUT2D eigenvalue weighted by molar-refractivity contribution is -0.260. The number of nitrogen functional groups attached to an aromatic ring is 1. The van der Waals surface area contributed by atoms with Crippen molar-refractivity contribution in [3.8, 4) is 0 Å². The molecular weight excluding hydrogens is 214 g/mol. The first-order chi connectivity index (χ1) is 7.70. The summed E-state index contributed by atoms with van der Waals surface area (Å²) >= 11 is 0. The van der Waals surface area contributed by atoms with E-state index in [1.165, 1.54) is 4.57 Å². The molecular formula is C9H13N3O4. The minimum atomic E-state index is -0.435. The monoisotopic (exact) mass is 227 g/mol. The van der Waals surface area contributed by atoms with Gasteiger partial charge >= 0.3 is 5.69 Å². The van der Waals surface area contributed by atoms with Gasteiger partial charge in [-0.15, -0.1) is 0 Å². The molecule has 2 rings (SSSR count). The van der Waals surface area contributed by atoms with E-state index in [0.29, 0.717) is 6.42 Å². The number of ether oxygens (including phenoxy) is 1. The average molecular weight is 227 g/mol. The van der Waals surface area contributed by atoms with Crippen LogP contribution >= 0.6 is 0 Å². The highest BCUT2D eigenvalue weighted by Gasteiger charge is 2.27. The number of hydrogen-bond donors (Lipinski definition) is 2. The van der Waals surface area contributed by atoms with Gasteiger partial charge in [-0.3, -0.25) is 9.82 Å². The fourth-order valence-corrected chi connectivity index (χ4v) is 1.74. The molecule has 1 aromatic heterocycles. The first-order valence-corrected chi connectivity index (χ1v) is 4.97. The Hall–Kier alpha value is -1.44. The Balaban J connectivity index is 2.11. The van der Waals surface area contributed by atoms with E-state index < -0.39 is 5.69 Å². The van der Waals surface area contributed by atoms with Gasteiger partial charge in [-0.25, -0.2) is 9.68 Å². The summed E-state index contributed by atoms with van der Waals surface area (Å²) < 4.78 is 6.89. The van der Waals surface area contributed by atoms with Crippen LogP contribution < -0.4 is 11.4 Å². The minimum absolute atomic E-state index is 0.105. The molecule has 0 spiro atoms. The van der Waals surface area contributed by atoms with Gasteiger partial charge in [0.2, 0.25) is 0 Å². The molecule has 1 aliphatic rings. The number of hydrogen-bond acceptors (Lipinski definition) is 6. The van der Waals surface area contributed by atoms with Crippen LogP contribution in [0.5, 0.6) is 0 Å². The summed E-state index contributed by atoms with van der Waals surface area (Å²) in [5, 5.41) is 8.30. The quantitative estimate of drug-likeness (QED) is 0.556. The zero-order valence-electron chi connectivity index (χ0n) is 8.57. The average Bonchev–Trinajstić information content (AvgIpc) is 2.67. The number of aromatic nitrogens is 2. The maximum absolute atomic E-state index is 11.5. The van der Waals surface area contributed by atoms with E-state index in [-0.39, 0.29) is 24.8 Å². The lowest BCUT2D eigenvalue weighted by Gasteiger charge is -2.14. The molecule has 1 aromatic rings. The van der Waals surface area contributed by atoms with E-state index in [4.69, 9.17) is 15.7 Å². The molecule has 0 radical (unpaired) electrons. The third-order valence-corrected chi connectivity index (χ3v) is 2.51. The number of anilines is 1. The normalized spacial score (nSPS) is 24.8. The van der Waals surface area contributed by atoms with Crippen molar-refractivity contribution in [3.63, 3.8) is 0 Å². The summed E-state index contributed by atoms with van der Waals surface area (Å²) in [6, 6.07) is 1.54. The fraction of sp³-hybridized carbons (Fsp3) is 0.556. The lowest BCUT2D eigenvalue weighted by Crippen LogP contribution is -2.27. The summed E-state index contributed by atoms with van der Waals surface area (Å²) in [5.74, 6) is 0.189. The van der Waals surface area contributed by atoms with Crippen LogP contribution in [-0.4, -0.2) is 27.5 Å². The molecule has 16 heavy (non-hydrogen) atoms. The van der Waals surface area contributed by atoms with E-state index >= 15 is 0 Å². The molecule has 88 valence electrons. The van der Waals surface area contributed by atoms with Crippen molar-refractivity contribution in [1.82, 2.24) is 9.55 Å².